The van der Waals surface area contributed by atoms with Crippen LogP contribution in [0.15, 0.2) is 55.6 Å². The van der Waals surface area contributed by atoms with Gasteiger partial charge in [-0.3, -0.25) is 9.59 Å². The third-order valence-electron chi connectivity index (χ3n) is 5.00. The lowest BCUT2D eigenvalue weighted by molar-refractivity contribution is -0.139. The highest BCUT2D eigenvalue weighted by Crippen LogP contribution is 2.39. The van der Waals surface area contributed by atoms with Crippen molar-refractivity contribution in [1.29, 1.82) is 0 Å². The van der Waals surface area contributed by atoms with Crippen molar-refractivity contribution in [3.63, 3.8) is 0 Å². The maximum atomic E-state index is 13.3. The zero-order valence-corrected chi connectivity index (χ0v) is 20.9. The highest BCUT2D eigenvalue weighted by molar-refractivity contribution is 6.39. The first-order chi connectivity index (χ1) is 17.0. The van der Waals surface area contributed by atoms with E-state index in [1.165, 1.54) is 12.1 Å². The molecule has 0 heterocycles. The van der Waals surface area contributed by atoms with Crippen molar-refractivity contribution in [2.24, 2.45) is 0 Å². The first kappa shape index (κ1) is 28.7. The maximum Gasteiger partial charge on any atom is 0.325 e. The van der Waals surface area contributed by atoms with Crippen LogP contribution in [0.3, 0.4) is 0 Å². The van der Waals surface area contributed by atoms with E-state index in [0.29, 0.717) is 5.56 Å². The van der Waals surface area contributed by atoms with E-state index in [0.717, 1.165) is 47.6 Å². The van der Waals surface area contributed by atoms with Gasteiger partial charge in [-0.05, 0) is 53.4 Å². The lowest BCUT2D eigenvalue weighted by atomic mass is 9.92. The van der Waals surface area contributed by atoms with Crippen LogP contribution in [0.1, 0.15) is 27.0 Å². The van der Waals surface area contributed by atoms with Crippen molar-refractivity contribution in [3.8, 4) is 11.1 Å². The molecular weight excluding hydrogens is 514 g/mol. The second-order valence-electron chi connectivity index (χ2n) is 7.27. The van der Waals surface area contributed by atoms with Crippen molar-refractivity contribution >= 4 is 47.2 Å². The molecule has 0 aliphatic carbocycles. The van der Waals surface area contributed by atoms with Crippen LogP contribution in [-0.2, 0) is 9.53 Å². The molecule has 188 valence electrons. The van der Waals surface area contributed by atoms with Crippen LogP contribution in [0.25, 0.3) is 23.3 Å². The van der Waals surface area contributed by atoms with E-state index in [1.807, 2.05) is 24.4 Å². The Balaban J connectivity index is 0.000000261. The number of nitrogens with one attached hydrogen (secondary N) is 1. The average Bonchev–Trinajstić information content (AvgIpc) is 2.82. The number of halogens is 5. The van der Waals surface area contributed by atoms with Crippen molar-refractivity contribution < 1.29 is 27.5 Å². The standard InChI is InChI=1S/C17H13Cl2F.C10H9F2NO3/c1-4-12-10(3)6-7-14(13(12)5-2)17-15(18)8-11(20)9-16(17)19;1-16-8(14)5-13-10(15)9-6(11)3-2-4-7(9)12/h4-9H,1-2H2,3H3;2-4H,5H2,1H3,(H,13,15). The van der Waals surface area contributed by atoms with Crippen molar-refractivity contribution in [3.05, 3.63) is 105 Å². The summed E-state index contributed by atoms with van der Waals surface area (Å²) < 4.78 is 43.7. The molecule has 3 aromatic carbocycles. The lowest BCUT2D eigenvalue weighted by Gasteiger charge is -2.15. The van der Waals surface area contributed by atoms with Crippen molar-refractivity contribution in [2.45, 2.75) is 6.92 Å². The van der Waals surface area contributed by atoms with Gasteiger partial charge < -0.3 is 10.1 Å². The van der Waals surface area contributed by atoms with E-state index in [9.17, 15) is 22.8 Å². The summed E-state index contributed by atoms with van der Waals surface area (Å²) in [7, 11) is 1.14. The lowest BCUT2D eigenvalue weighted by Crippen LogP contribution is -2.31. The van der Waals surface area contributed by atoms with Crippen LogP contribution in [0, 0.1) is 24.4 Å². The van der Waals surface area contributed by atoms with Gasteiger partial charge >= 0.3 is 5.97 Å². The Kier molecular flexibility index (Phi) is 10.3. The molecule has 1 N–H and O–H groups in total. The van der Waals surface area contributed by atoms with Gasteiger partial charge in [0, 0.05) is 5.56 Å². The number of benzene rings is 3. The molecule has 9 heteroatoms. The minimum absolute atomic E-state index is 0.275. The number of methoxy groups -OCH3 is 1. The molecule has 0 unspecified atom stereocenters. The van der Waals surface area contributed by atoms with Gasteiger partial charge in [0.15, 0.2) is 0 Å². The highest BCUT2D eigenvalue weighted by Gasteiger charge is 2.18. The summed E-state index contributed by atoms with van der Waals surface area (Å²) in [4.78, 5) is 22.0. The monoisotopic (exact) mass is 535 g/mol. The van der Waals surface area contributed by atoms with E-state index in [4.69, 9.17) is 23.2 Å². The Morgan fingerprint density at radius 2 is 1.53 bits per heavy atom. The summed E-state index contributed by atoms with van der Waals surface area (Å²) in [6, 6.07) is 9.42. The topological polar surface area (TPSA) is 55.4 Å². The third-order valence-corrected chi connectivity index (χ3v) is 5.60. The molecule has 0 aromatic heterocycles. The van der Waals surface area contributed by atoms with Gasteiger partial charge in [0.1, 0.15) is 29.6 Å². The Bertz CT molecular complexity index is 1280. The molecule has 36 heavy (non-hydrogen) atoms. The second-order valence-corrected chi connectivity index (χ2v) is 8.08. The number of amides is 1. The van der Waals surface area contributed by atoms with E-state index >= 15 is 0 Å². The minimum Gasteiger partial charge on any atom is -0.468 e. The molecule has 3 aromatic rings. The molecule has 3 rings (SSSR count). The molecular formula is C27H22Cl2F3NO3. The molecule has 0 saturated heterocycles. The predicted molar refractivity (Wildman–Crippen MR) is 137 cm³/mol. The summed E-state index contributed by atoms with van der Waals surface area (Å²) in [5.41, 5.74) is 3.63. The number of esters is 1. The van der Waals surface area contributed by atoms with E-state index < -0.39 is 41.4 Å². The number of carbonyl (C=O) groups excluding carboxylic acids is 2. The molecule has 1 amide bonds. The van der Waals surface area contributed by atoms with Crippen molar-refractivity contribution in [1.82, 2.24) is 5.32 Å². The first-order valence-corrected chi connectivity index (χ1v) is 11.1. The largest absolute Gasteiger partial charge is 0.468 e. The number of hydrogen-bond acceptors (Lipinski definition) is 3. The molecule has 0 bridgehead atoms. The van der Waals surface area contributed by atoms with E-state index in [-0.39, 0.29) is 10.0 Å². The molecule has 0 radical (unpaired) electrons. The summed E-state index contributed by atoms with van der Waals surface area (Å²) in [5.74, 6) is -4.13. The zero-order chi connectivity index (χ0) is 27.0. The number of carbonyl (C=O) groups is 2. The number of ether oxygens (including phenoxy) is 1. The summed E-state index contributed by atoms with van der Waals surface area (Å²) >= 11 is 12.3. The van der Waals surface area contributed by atoms with Gasteiger partial charge in [-0.25, -0.2) is 13.2 Å². The first-order valence-electron chi connectivity index (χ1n) is 10.4. The summed E-state index contributed by atoms with van der Waals surface area (Å²) in [5, 5.41) is 2.59. The minimum atomic E-state index is -0.999. The Morgan fingerprint density at radius 3 is 2.03 bits per heavy atom. The summed E-state index contributed by atoms with van der Waals surface area (Å²) in [6.07, 6.45) is 3.50. The van der Waals surface area contributed by atoms with Gasteiger partial charge in [0.2, 0.25) is 0 Å². The van der Waals surface area contributed by atoms with Gasteiger partial charge in [-0.1, -0.05) is 66.7 Å². The molecule has 0 fully saturated rings. The molecule has 0 aliphatic heterocycles. The Hall–Kier alpha value is -3.55. The van der Waals surface area contributed by atoms with Crippen LogP contribution in [0.5, 0.6) is 0 Å². The quantitative estimate of drug-likeness (QED) is 0.338. The summed E-state index contributed by atoms with van der Waals surface area (Å²) in [6.45, 7) is 9.20. The molecule has 0 spiro atoms. The van der Waals surface area contributed by atoms with Crippen LogP contribution in [0.4, 0.5) is 13.2 Å². The second kappa shape index (κ2) is 13.0. The Morgan fingerprint density at radius 1 is 0.972 bits per heavy atom. The van der Waals surface area contributed by atoms with Crippen LogP contribution in [-0.4, -0.2) is 25.5 Å². The molecule has 0 atom stereocenters. The maximum absolute atomic E-state index is 13.3. The van der Waals surface area contributed by atoms with Crippen LogP contribution in [0.2, 0.25) is 10.0 Å². The highest BCUT2D eigenvalue weighted by atomic mass is 35.5. The smallest absolute Gasteiger partial charge is 0.325 e. The predicted octanol–water partition coefficient (Wildman–Crippen LogP) is 7.26. The van der Waals surface area contributed by atoms with E-state index in [2.05, 4.69) is 17.9 Å². The SMILES string of the molecule is C=Cc1c(C)ccc(-c2c(Cl)cc(F)cc2Cl)c1C=C.COC(=O)CNC(=O)c1c(F)cccc1F. The van der Waals surface area contributed by atoms with E-state index in [1.54, 1.807) is 12.2 Å². The number of hydrogen-bond donors (Lipinski definition) is 1. The van der Waals surface area contributed by atoms with Gasteiger partial charge in [0.05, 0.1) is 17.2 Å². The molecule has 4 nitrogen and oxygen atoms in total. The normalized spacial score (nSPS) is 10.1. The Labute approximate surface area is 217 Å². The van der Waals surface area contributed by atoms with Crippen LogP contribution < -0.4 is 5.32 Å². The average molecular weight is 536 g/mol. The van der Waals surface area contributed by atoms with Gasteiger partial charge in [-0.2, -0.15) is 0 Å². The third kappa shape index (κ3) is 6.77. The molecule has 0 saturated carbocycles. The number of rotatable bonds is 6. The fourth-order valence-electron chi connectivity index (χ4n) is 3.28. The molecule has 0 aliphatic rings. The van der Waals surface area contributed by atoms with Gasteiger partial charge in [0.25, 0.3) is 5.91 Å². The van der Waals surface area contributed by atoms with Crippen LogP contribution >= 0.6 is 23.2 Å². The fraction of sp³-hybridized carbons (Fsp3) is 0.111. The number of aryl methyl sites for hydroxylation is 1. The fourth-order valence-corrected chi connectivity index (χ4v) is 3.95. The zero-order valence-electron chi connectivity index (χ0n) is 19.4. The van der Waals surface area contributed by atoms with Gasteiger partial charge in [-0.15, -0.1) is 0 Å². The van der Waals surface area contributed by atoms with Crippen molar-refractivity contribution in [2.75, 3.05) is 13.7 Å².